The van der Waals surface area contributed by atoms with Gasteiger partial charge < -0.3 is 10.5 Å². The molecule has 2 rings (SSSR count). The van der Waals surface area contributed by atoms with Crippen LogP contribution in [0.5, 0.6) is 11.5 Å². The van der Waals surface area contributed by atoms with Crippen LogP contribution in [0.4, 0.5) is 0 Å². The van der Waals surface area contributed by atoms with E-state index < -0.39 is 0 Å². The average Bonchev–Trinajstić information content (AvgIpc) is 2.59. The fourth-order valence-electron chi connectivity index (χ4n) is 1.96. The molecular weight excluding hydrogens is 262 g/mol. The standard InChI is InChI=1S/C14H18ClN3O/c1-9-14(10(2)18(3)17-9)19-13-5-4-11(6-7-16)8-12(13)15/h4-5,8H,6-7,16H2,1-3H3. The van der Waals surface area contributed by atoms with Crippen LogP contribution in [0.25, 0.3) is 0 Å². The number of ether oxygens (including phenoxy) is 1. The Balaban J connectivity index is 2.28. The largest absolute Gasteiger partial charge is 0.452 e. The number of aromatic nitrogens is 2. The number of rotatable bonds is 4. The quantitative estimate of drug-likeness (QED) is 0.936. The van der Waals surface area contributed by atoms with Crippen molar-refractivity contribution in [2.45, 2.75) is 20.3 Å². The molecule has 0 radical (unpaired) electrons. The molecule has 1 heterocycles. The van der Waals surface area contributed by atoms with Crippen molar-refractivity contribution < 1.29 is 4.74 Å². The van der Waals surface area contributed by atoms with Gasteiger partial charge in [-0.15, -0.1) is 0 Å². The van der Waals surface area contributed by atoms with Crippen LogP contribution < -0.4 is 10.5 Å². The monoisotopic (exact) mass is 279 g/mol. The summed E-state index contributed by atoms with van der Waals surface area (Å²) in [5, 5.41) is 4.91. The molecule has 19 heavy (non-hydrogen) atoms. The Morgan fingerprint density at radius 3 is 2.63 bits per heavy atom. The Kier molecular flexibility index (Phi) is 4.12. The van der Waals surface area contributed by atoms with E-state index in [1.807, 2.05) is 39.1 Å². The lowest BCUT2D eigenvalue weighted by molar-refractivity contribution is 0.474. The SMILES string of the molecule is Cc1nn(C)c(C)c1Oc1ccc(CCN)cc1Cl. The molecule has 0 amide bonds. The van der Waals surface area contributed by atoms with Crippen molar-refractivity contribution in [3.05, 3.63) is 40.2 Å². The van der Waals surface area contributed by atoms with Gasteiger partial charge in [0.25, 0.3) is 0 Å². The van der Waals surface area contributed by atoms with E-state index in [4.69, 9.17) is 22.1 Å². The molecule has 1 aromatic carbocycles. The van der Waals surface area contributed by atoms with Crippen LogP contribution in [0.15, 0.2) is 18.2 Å². The maximum absolute atomic E-state index is 6.23. The molecule has 2 aromatic rings. The van der Waals surface area contributed by atoms with Crippen LogP contribution in [-0.4, -0.2) is 16.3 Å². The fraction of sp³-hybridized carbons (Fsp3) is 0.357. The molecule has 4 nitrogen and oxygen atoms in total. The summed E-state index contributed by atoms with van der Waals surface area (Å²) in [7, 11) is 1.89. The zero-order valence-electron chi connectivity index (χ0n) is 11.4. The molecule has 0 spiro atoms. The normalized spacial score (nSPS) is 10.8. The van der Waals surface area contributed by atoms with Gasteiger partial charge in [-0.3, -0.25) is 4.68 Å². The number of benzene rings is 1. The first-order chi connectivity index (χ1) is 9.02. The highest BCUT2D eigenvalue weighted by atomic mass is 35.5. The molecule has 0 bridgehead atoms. The topological polar surface area (TPSA) is 53.1 Å². The van der Waals surface area contributed by atoms with E-state index >= 15 is 0 Å². The van der Waals surface area contributed by atoms with Gasteiger partial charge in [-0.1, -0.05) is 17.7 Å². The van der Waals surface area contributed by atoms with Gasteiger partial charge >= 0.3 is 0 Å². The van der Waals surface area contributed by atoms with E-state index in [0.717, 1.165) is 29.1 Å². The van der Waals surface area contributed by atoms with Crippen LogP contribution in [0.3, 0.4) is 0 Å². The predicted molar refractivity (Wildman–Crippen MR) is 77.0 cm³/mol. The zero-order valence-corrected chi connectivity index (χ0v) is 12.2. The molecule has 0 unspecified atom stereocenters. The highest BCUT2D eigenvalue weighted by molar-refractivity contribution is 6.32. The van der Waals surface area contributed by atoms with Crippen molar-refractivity contribution in [3.8, 4) is 11.5 Å². The molecule has 0 aliphatic heterocycles. The molecule has 102 valence electrons. The van der Waals surface area contributed by atoms with E-state index in [2.05, 4.69) is 5.10 Å². The molecule has 0 saturated carbocycles. The average molecular weight is 280 g/mol. The second-order valence-corrected chi connectivity index (χ2v) is 4.94. The first-order valence-electron chi connectivity index (χ1n) is 6.19. The highest BCUT2D eigenvalue weighted by Gasteiger charge is 2.13. The van der Waals surface area contributed by atoms with Crippen molar-refractivity contribution in [2.75, 3.05) is 6.54 Å². The number of nitrogens with zero attached hydrogens (tertiary/aromatic N) is 2. The lowest BCUT2D eigenvalue weighted by Crippen LogP contribution is -2.02. The predicted octanol–water partition coefficient (Wildman–Crippen LogP) is 2.98. The fourth-order valence-corrected chi connectivity index (χ4v) is 2.20. The number of hydrogen-bond acceptors (Lipinski definition) is 3. The van der Waals surface area contributed by atoms with E-state index in [1.165, 1.54) is 0 Å². The Morgan fingerprint density at radius 1 is 1.37 bits per heavy atom. The Bertz CT molecular complexity index is 593. The van der Waals surface area contributed by atoms with Crippen LogP contribution >= 0.6 is 11.6 Å². The summed E-state index contributed by atoms with van der Waals surface area (Å²) in [5.41, 5.74) is 8.46. The number of halogens is 1. The van der Waals surface area contributed by atoms with Gasteiger partial charge in [0.2, 0.25) is 0 Å². The van der Waals surface area contributed by atoms with Gasteiger partial charge in [-0.05, 0) is 44.5 Å². The third-order valence-electron chi connectivity index (χ3n) is 3.08. The highest BCUT2D eigenvalue weighted by Crippen LogP contribution is 2.33. The lowest BCUT2D eigenvalue weighted by atomic mass is 10.1. The Labute approximate surface area is 118 Å². The van der Waals surface area contributed by atoms with Gasteiger partial charge in [0.1, 0.15) is 11.4 Å². The van der Waals surface area contributed by atoms with E-state index in [9.17, 15) is 0 Å². The second-order valence-electron chi connectivity index (χ2n) is 4.53. The maximum Gasteiger partial charge on any atom is 0.171 e. The van der Waals surface area contributed by atoms with Gasteiger partial charge in [-0.25, -0.2) is 0 Å². The van der Waals surface area contributed by atoms with Crippen molar-refractivity contribution in [3.63, 3.8) is 0 Å². The van der Waals surface area contributed by atoms with Gasteiger partial charge in [0.15, 0.2) is 5.75 Å². The van der Waals surface area contributed by atoms with Crippen molar-refractivity contribution in [1.82, 2.24) is 9.78 Å². The molecule has 0 fully saturated rings. The number of nitrogens with two attached hydrogens (primary N) is 1. The smallest absolute Gasteiger partial charge is 0.171 e. The molecule has 0 aliphatic rings. The van der Waals surface area contributed by atoms with Crippen LogP contribution in [0, 0.1) is 13.8 Å². The summed E-state index contributed by atoms with van der Waals surface area (Å²) < 4.78 is 7.67. The van der Waals surface area contributed by atoms with Crippen LogP contribution in [-0.2, 0) is 13.5 Å². The minimum atomic E-state index is 0.591. The minimum Gasteiger partial charge on any atom is -0.452 e. The van der Waals surface area contributed by atoms with Gasteiger partial charge in [0.05, 0.1) is 10.7 Å². The zero-order chi connectivity index (χ0) is 14.0. The lowest BCUT2D eigenvalue weighted by Gasteiger charge is -2.09. The first kappa shape index (κ1) is 13.9. The van der Waals surface area contributed by atoms with Gasteiger partial charge in [0, 0.05) is 7.05 Å². The Morgan fingerprint density at radius 2 is 2.11 bits per heavy atom. The molecule has 1 aromatic heterocycles. The summed E-state index contributed by atoms with van der Waals surface area (Å²) in [6.45, 7) is 4.49. The number of aryl methyl sites for hydroxylation is 2. The molecular formula is C14H18ClN3O. The third kappa shape index (κ3) is 2.91. The first-order valence-corrected chi connectivity index (χ1v) is 6.57. The Hall–Kier alpha value is -1.52. The summed E-state index contributed by atoms with van der Waals surface area (Å²) in [5.74, 6) is 1.40. The number of hydrogen-bond donors (Lipinski definition) is 1. The van der Waals surface area contributed by atoms with Gasteiger partial charge in [-0.2, -0.15) is 5.10 Å². The summed E-state index contributed by atoms with van der Waals surface area (Å²) >= 11 is 6.23. The maximum atomic E-state index is 6.23. The third-order valence-corrected chi connectivity index (χ3v) is 3.38. The van der Waals surface area contributed by atoms with Crippen molar-refractivity contribution in [2.24, 2.45) is 12.8 Å². The molecule has 0 aliphatic carbocycles. The molecule has 0 atom stereocenters. The molecule has 2 N–H and O–H groups in total. The van der Waals surface area contributed by atoms with E-state index in [0.29, 0.717) is 17.3 Å². The van der Waals surface area contributed by atoms with E-state index in [1.54, 1.807) is 4.68 Å². The molecule has 0 saturated heterocycles. The summed E-state index contributed by atoms with van der Waals surface area (Å²) in [4.78, 5) is 0. The second kappa shape index (κ2) is 5.63. The summed E-state index contributed by atoms with van der Waals surface area (Å²) in [6, 6.07) is 5.75. The summed E-state index contributed by atoms with van der Waals surface area (Å²) in [6.07, 6.45) is 0.810. The van der Waals surface area contributed by atoms with Crippen LogP contribution in [0.1, 0.15) is 17.0 Å². The van der Waals surface area contributed by atoms with Crippen molar-refractivity contribution >= 4 is 11.6 Å². The van der Waals surface area contributed by atoms with Crippen LogP contribution in [0.2, 0.25) is 5.02 Å². The molecule has 5 heteroatoms. The van der Waals surface area contributed by atoms with Crippen molar-refractivity contribution in [1.29, 1.82) is 0 Å². The minimum absolute atomic E-state index is 0.591. The van der Waals surface area contributed by atoms with E-state index in [-0.39, 0.29) is 0 Å².